The Labute approximate surface area is 96.4 Å². The van der Waals surface area contributed by atoms with Gasteiger partial charge in [-0.3, -0.25) is 4.79 Å². The lowest BCUT2D eigenvalue weighted by Gasteiger charge is -2.08. The van der Waals surface area contributed by atoms with E-state index >= 15 is 0 Å². The minimum atomic E-state index is -2.88. The van der Waals surface area contributed by atoms with Crippen molar-refractivity contribution in [3.05, 3.63) is 23.8 Å². The molecule has 0 aliphatic rings. The Morgan fingerprint density at radius 2 is 2.19 bits per heavy atom. The molecule has 0 unspecified atom stereocenters. The predicted octanol–water partition coefficient (Wildman–Crippen LogP) is 2.59. The Morgan fingerprint density at radius 3 is 2.69 bits per heavy atom. The summed E-state index contributed by atoms with van der Waals surface area (Å²) in [5.74, 6) is -0.903. The van der Waals surface area contributed by atoms with Gasteiger partial charge in [-0.1, -0.05) is 6.07 Å². The Hall–Kier alpha value is -1.30. The molecule has 88 valence electrons. The third-order valence-corrected chi connectivity index (χ3v) is 2.31. The number of halogens is 2. The van der Waals surface area contributed by atoms with E-state index in [1.54, 1.807) is 0 Å². The highest BCUT2D eigenvalue weighted by atomic mass is 32.1. The maximum absolute atomic E-state index is 11.9. The fraction of sp³-hybridized carbons (Fsp3) is 0.300. The Morgan fingerprint density at radius 1 is 1.50 bits per heavy atom. The number of benzene rings is 1. The third-order valence-electron chi connectivity index (χ3n) is 1.89. The summed E-state index contributed by atoms with van der Waals surface area (Å²) in [6.45, 7) is -2.88. The fourth-order valence-electron chi connectivity index (χ4n) is 1.17. The van der Waals surface area contributed by atoms with Crippen molar-refractivity contribution in [1.29, 1.82) is 0 Å². The van der Waals surface area contributed by atoms with Gasteiger partial charge in [-0.05, 0) is 24.1 Å². The number of rotatable bonds is 5. The zero-order valence-corrected chi connectivity index (χ0v) is 9.08. The quantitative estimate of drug-likeness (QED) is 0.787. The first-order chi connectivity index (χ1) is 7.49. The van der Waals surface area contributed by atoms with E-state index in [4.69, 9.17) is 5.11 Å². The third kappa shape index (κ3) is 4.06. The van der Waals surface area contributed by atoms with Crippen molar-refractivity contribution in [1.82, 2.24) is 0 Å². The van der Waals surface area contributed by atoms with Crippen LogP contribution in [0.5, 0.6) is 5.75 Å². The van der Waals surface area contributed by atoms with Crippen molar-refractivity contribution in [2.75, 3.05) is 0 Å². The second-order valence-corrected chi connectivity index (χ2v) is 3.54. The van der Waals surface area contributed by atoms with Crippen LogP contribution in [0.15, 0.2) is 23.1 Å². The Kier molecular flexibility index (Phi) is 4.54. The van der Waals surface area contributed by atoms with Crippen LogP contribution in [0.25, 0.3) is 0 Å². The Bertz CT molecular complexity index is 382. The van der Waals surface area contributed by atoms with Gasteiger partial charge in [-0.2, -0.15) is 8.78 Å². The van der Waals surface area contributed by atoms with E-state index in [-0.39, 0.29) is 12.2 Å². The van der Waals surface area contributed by atoms with E-state index in [1.807, 2.05) is 0 Å². The molecule has 0 aromatic heterocycles. The van der Waals surface area contributed by atoms with Gasteiger partial charge >= 0.3 is 12.6 Å². The van der Waals surface area contributed by atoms with Gasteiger partial charge in [0.1, 0.15) is 5.75 Å². The molecule has 1 N–H and O–H groups in total. The summed E-state index contributed by atoms with van der Waals surface area (Å²) >= 11 is 4.07. The summed E-state index contributed by atoms with van der Waals surface area (Å²) in [7, 11) is 0. The lowest BCUT2D eigenvalue weighted by Crippen LogP contribution is -2.03. The van der Waals surface area contributed by atoms with Crippen LogP contribution < -0.4 is 4.74 Å². The molecule has 0 spiro atoms. The van der Waals surface area contributed by atoms with Gasteiger partial charge < -0.3 is 9.84 Å². The molecule has 0 atom stereocenters. The first-order valence-corrected chi connectivity index (χ1v) is 4.92. The monoisotopic (exact) mass is 248 g/mol. The molecule has 16 heavy (non-hydrogen) atoms. The second kappa shape index (κ2) is 5.69. The van der Waals surface area contributed by atoms with Crippen LogP contribution in [0.4, 0.5) is 8.78 Å². The standard InChI is InChI=1S/C10H10F2O3S/c11-10(12)15-7-3-1-6(8(16)5-7)2-4-9(13)14/h1,3,5,10,16H,2,4H2,(H,13,14). The molecule has 6 heteroatoms. The van der Waals surface area contributed by atoms with Gasteiger partial charge in [0.25, 0.3) is 0 Å². The highest BCUT2D eigenvalue weighted by molar-refractivity contribution is 7.80. The van der Waals surface area contributed by atoms with Crippen molar-refractivity contribution in [3.63, 3.8) is 0 Å². The van der Waals surface area contributed by atoms with E-state index in [1.165, 1.54) is 18.2 Å². The highest BCUT2D eigenvalue weighted by Gasteiger charge is 2.07. The van der Waals surface area contributed by atoms with Crippen LogP contribution in [0.2, 0.25) is 0 Å². The molecule has 1 rings (SSSR count). The minimum Gasteiger partial charge on any atom is -0.481 e. The molecule has 1 aromatic rings. The van der Waals surface area contributed by atoms with E-state index in [2.05, 4.69) is 17.4 Å². The van der Waals surface area contributed by atoms with Crippen molar-refractivity contribution in [2.45, 2.75) is 24.3 Å². The number of hydrogen-bond acceptors (Lipinski definition) is 3. The summed E-state index contributed by atoms with van der Waals surface area (Å²) in [5, 5.41) is 8.49. The lowest BCUT2D eigenvalue weighted by molar-refractivity contribution is -0.136. The number of carbonyl (C=O) groups is 1. The van der Waals surface area contributed by atoms with Gasteiger partial charge in [-0.15, -0.1) is 12.6 Å². The van der Waals surface area contributed by atoms with Gasteiger partial charge in [0.2, 0.25) is 0 Å². The molecule has 0 bridgehead atoms. The molecule has 3 nitrogen and oxygen atoms in total. The van der Waals surface area contributed by atoms with Gasteiger partial charge in [0.15, 0.2) is 0 Å². The molecule has 0 amide bonds. The smallest absolute Gasteiger partial charge is 0.387 e. The predicted molar refractivity (Wildman–Crippen MR) is 56.3 cm³/mol. The van der Waals surface area contributed by atoms with Crippen molar-refractivity contribution in [3.8, 4) is 5.75 Å². The van der Waals surface area contributed by atoms with E-state index in [0.29, 0.717) is 16.9 Å². The highest BCUT2D eigenvalue weighted by Crippen LogP contribution is 2.23. The summed E-state index contributed by atoms with van der Waals surface area (Å²) in [4.78, 5) is 10.8. The van der Waals surface area contributed by atoms with E-state index in [0.717, 1.165) is 0 Å². The fourth-order valence-corrected chi connectivity index (χ4v) is 1.49. The zero-order valence-electron chi connectivity index (χ0n) is 8.19. The molecular formula is C10H10F2O3S. The maximum Gasteiger partial charge on any atom is 0.387 e. The zero-order chi connectivity index (χ0) is 12.1. The van der Waals surface area contributed by atoms with Gasteiger partial charge in [-0.25, -0.2) is 0 Å². The van der Waals surface area contributed by atoms with Crippen LogP contribution in [-0.2, 0) is 11.2 Å². The average Bonchev–Trinajstić information content (AvgIpc) is 2.15. The van der Waals surface area contributed by atoms with Gasteiger partial charge in [0.05, 0.1) is 0 Å². The number of aliphatic carboxylic acids is 1. The maximum atomic E-state index is 11.9. The van der Waals surface area contributed by atoms with Crippen molar-refractivity contribution in [2.24, 2.45) is 0 Å². The summed E-state index contributed by atoms with van der Waals surface area (Å²) in [5.41, 5.74) is 0.687. The molecule has 0 aliphatic heterocycles. The number of ether oxygens (including phenoxy) is 1. The molecule has 0 radical (unpaired) electrons. The van der Waals surface area contributed by atoms with Crippen LogP contribution in [0.1, 0.15) is 12.0 Å². The number of thiol groups is 1. The summed E-state index contributed by atoms with van der Waals surface area (Å²) in [6.07, 6.45) is 0.283. The summed E-state index contributed by atoms with van der Waals surface area (Å²) < 4.78 is 27.9. The van der Waals surface area contributed by atoms with E-state index < -0.39 is 12.6 Å². The molecule has 0 fully saturated rings. The number of hydrogen-bond donors (Lipinski definition) is 2. The number of aryl methyl sites for hydroxylation is 1. The molecule has 0 aliphatic carbocycles. The van der Waals surface area contributed by atoms with Crippen LogP contribution in [0, 0.1) is 0 Å². The normalized spacial score (nSPS) is 10.5. The Balaban J connectivity index is 2.71. The van der Waals surface area contributed by atoms with Gasteiger partial charge in [0, 0.05) is 11.3 Å². The molecule has 0 saturated heterocycles. The second-order valence-electron chi connectivity index (χ2n) is 3.06. The van der Waals surface area contributed by atoms with Crippen LogP contribution >= 0.6 is 12.6 Å². The molecule has 0 heterocycles. The number of carboxylic acid groups (broad SMARTS) is 1. The first-order valence-electron chi connectivity index (χ1n) is 4.47. The number of alkyl halides is 2. The molecule has 1 aromatic carbocycles. The van der Waals surface area contributed by atoms with Crippen molar-refractivity contribution >= 4 is 18.6 Å². The minimum absolute atomic E-state index is 0.0130. The molecule has 0 saturated carbocycles. The number of carboxylic acids is 1. The first kappa shape index (κ1) is 12.8. The van der Waals surface area contributed by atoms with Crippen LogP contribution in [0.3, 0.4) is 0 Å². The largest absolute Gasteiger partial charge is 0.481 e. The lowest BCUT2D eigenvalue weighted by atomic mass is 10.1. The average molecular weight is 248 g/mol. The topological polar surface area (TPSA) is 46.5 Å². The SMILES string of the molecule is O=C(O)CCc1ccc(OC(F)F)cc1S. The van der Waals surface area contributed by atoms with Crippen molar-refractivity contribution < 1.29 is 23.4 Å². The van der Waals surface area contributed by atoms with E-state index in [9.17, 15) is 13.6 Å². The summed E-state index contributed by atoms with van der Waals surface area (Å²) in [6, 6.07) is 4.23. The molecular weight excluding hydrogens is 238 g/mol. The van der Waals surface area contributed by atoms with Crippen LogP contribution in [-0.4, -0.2) is 17.7 Å².